The molecule has 0 aliphatic rings. The van der Waals surface area contributed by atoms with Gasteiger partial charge in [-0.2, -0.15) is 4.52 Å². The minimum absolute atomic E-state index is 0.0733. The largest absolute Gasteiger partial charge is 0.226 e. The first-order valence-electron chi connectivity index (χ1n) is 6.40. The minimum atomic E-state index is -0.446. The third-order valence-electron chi connectivity index (χ3n) is 3.31. The fourth-order valence-electron chi connectivity index (χ4n) is 2.30. The summed E-state index contributed by atoms with van der Waals surface area (Å²) in [6.07, 6.45) is 0. The molecule has 2 aromatic heterocycles. The lowest BCUT2D eigenvalue weighted by atomic mass is 10.2. The van der Waals surface area contributed by atoms with E-state index in [0.717, 1.165) is 0 Å². The average Bonchev–Trinajstić information content (AvgIpc) is 2.94. The van der Waals surface area contributed by atoms with E-state index >= 15 is 0 Å². The Morgan fingerprint density at radius 1 is 1.00 bits per heavy atom. The van der Waals surface area contributed by atoms with Crippen LogP contribution in [0.1, 0.15) is 0 Å². The van der Waals surface area contributed by atoms with Crippen LogP contribution in [-0.2, 0) is 0 Å². The van der Waals surface area contributed by atoms with Crippen LogP contribution >= 0.6 is 11.6 Å². The maximum absolute atomic E-state index is 13.9. The van der Waals surface area contributed by atoms with Gasteiger partial charge in [0.15, 0.2) is 11.5 Å². The SMILES string of the molecule is Fc1ccc2nc(Cl)n3nc(-c4ccccc4F)nc3c2c1. The molecule has 7 heteroatoms. The fraction of sp³-hybridized carbons (Fsp3) is 0. The smallest absolute Gasteiger partial charge is 0.218 e. The molecule has 0 spiro atoms. The summed E-state index contributed by atoms with van der Waals surface area (Å²) in [7, 11) is 0. The molecular weight excluding hydrogens is 310 g/mol. The number of nitrogens with zero attached hydrogens (tertiary/aromatic N) is 4. The first kappa shape index (κ1) is 13.1. The Bertz CT molecular complexity index is 1030. The second-order valence-corrected chi connectivity index (χ2v) is 5.03. The quantitative estimate of drug-likeness (QED) is 0.501. The number of halogens is 3. The second kappa shape index (κ2) is 4.71. The lowest BCUT2D eigenvalue weighted by molar-refractivity contribution is 0.629. The number of rotatable bonds is 1. The topological polar surface area (TPSA) is 43.1 Å². The monoisotopic (exact) mass is 316 g/mol. The van der Waals surface area contributed by atoms with Crippen molar-refractivity contribution < 1.29 is 8.78 Å². The molecule has 0 fully saturated rings. The van der Waals surface area contributed by atoms with Crippen LogP contribution in [0.2, 0.25) is 5.28 Å². The van der Waals surface area contributed by atoms with E-state index in [9.17, 15) is 8.78 Å². The zero-order chi connectivity index (χ0) is 15.3. The molecule has 4 aromatic rings. The number of aromatic nitrogens is 4. The van der Waals surface area contributed by atoms with E-state index < -0.39 is 11.6 Å². The van der Waals surface area contributed by atoms with Crippen molar-refractivity contribution >= 4 is 28.2 Å². The number of fused-ring (bicyclic) bond motifs is 3. The third-order valence-corrected chi connectivity index (χ3v) is 3.55. The van der Waals surface area contributed by atoms with E-state index in [-0.39, 0.29) is 16.7 Å². The summed E-state index contributed by atoms with van der Waals surface area (Å²) in [4.78, 5) is 8.43. The molecular formula is C15H7ClF2N4. The lowest BCUT2D eigenvalue weighted by Gasteiger charge is -2.00. The summed E-state index contributed by atoms with van der Waals surface area (Å²) in [6, 6.07) is 10.2. The van der Waals surface area contributed by atoms with Gasteiger partial charge >= 0.3 is 0 Å². The van der Waals surface area contributed by atoms with Crippen molar-refractivity contribution in [1.82, 2.24) is 19.6 Å². The van der Waals surface area contributed by atoms with Crippen molar-refractivity contribution in [3.63, 3.8) is 0 Å². The van der Waals surface area contributed by atoms with E-state index in [2.05, 4.69) is 15.1 Å². The number of hydrogen-bond donors (Lipinski definition) is 0. The van der Waals surface area contributed by atoms with Gasteiger partial charge in [-0.15, -0.1) is 5.10 Å². The molecule has 0 atom stereocenters. The van der Waals surface area contributed by atoms with E-state index in [1.54, 1.807) is 18.2 Å². The average molecular weight is 317 g/mol. The molecule has 0 radical (unpaired) electrons. The molecule has 108 valence electrons. The van der Waals surface area contributed by atoms with Gasteiger partial charge in [-0.3, -0.25) is 0 Å². The Hall–Kier alpha value is -2.60. The predicted octanol–water partition coefficient (Wildman–Crippen LogP) is 3.88. The lowest BCUT2D eigenvalue weighted by Crippen LogP contribution is -1.95. The van der Waals surface area contributed by atoms with Crippen LogP contribution in [0.5, 0.6) is 0 Å². The molecule has 2 aromatic carbocycles. The van der Waals surface area contributed by atoms with Crippen LogP contribution in [0.15, 0.2) is 42.5 Å². The molecule has 2 heterocycles. The van der Waals surface area contributed by atoms with Gasteiger partial charge in [0, 0.05) is 5.39 Å². The highest BCUT2D eigenvalue weighted by Crippen LogP contribution is 2.25. The minimum Gasteiger partial charge on any atom is -0.218 e. The Balaban J connectivity index is 2.09. The highest BCUT2D eigenvalue weighted by Gasteiger charge is 2.15. The standard InChI is InChI=1S/C15H7ClF2N4/c16-15-19-12-6-5-8(17)7-10(12)14-20-13(21-22(14)15)9-3-1-2-4-11(9)18/h1-7H. The molecule has 0 bridgehead atoms. The Kier molecular flexibility index (Phi) is 2.80. The van der Waals surface area contributed by atoms with E-state index in [1.807, 2.05) is 0 Å². The molecule has 0 saturated heterocycles. The highest BCUT2D eigenvalue weighted by atomic mass is 35.5. The molecule has 0 aliphatic carbocycles. The van der Waals surface area contributed by atoms with Crippen molar-refractivity contribution in [3.8, 4) is 11.4 Å². The highest BCUT2D eigenvalue weighted by molar-refractivity contribution is 6.29. The van der Waals surface area contributed by atoms with Gasteiger partial charge in [0.25, 0.3) is 0 Å². The summed E-state index contributed by atoms with van der Waals surface area (Å²) in [6.45, 7) is 0. The molecule has 4 rings (SSSR count). The summed E-state index contributed by atoms with van der Waals surface area (Å²) in [5, 5.41) is 4.70. The maximum atomic E-state index is 13.9. The van der Waals surface area contributed by atoms with Gasteiger partial charge in [-0.1, -0.05) is 12.1 Å². The number of benzene rings is 2. The Labute approximate surface area is 128 Å². The normalized spacial score (nSPS) is 11.4. The second-order valence-electron chi connectivity index (χ2n) is 4.69. The molecule has 22 heavy (non-hydrogen) atoms. The number of hydrogen-bond acceptors (Lipinski definition) is 3. The summed E-state index contributed by atoms with van der Waals surface area (Å²) < 4.78 is 28.6. The van der Waals surface area contributed by atoms with Gasteiger partial charge in [0.05, 0.1) is 11.1 Å². The molecule has 0 N–H and O–H groups in total. The van der Waals surface area contributed by atoms with Crippen molar-refractivity contribution in [2.24, 2.45) is 0 Å². The predicted molar refractivity (Wildman–Crippen MR) is 78.7 cm³/mol. The van der Waals surface area contributed by atoms with Gasteiger partial charge in [-0.25, -0.2) is 18.7 Å². The Morgan fingerprint density at radius 2 is 1.82 bits per heavy atom. The van der Waals surface area contributed by atoms with Gasteiger partial charge in [0.1, 0.15) is 11.6 Å². The maximum Gasteiger partial charge on any atom is 0.226 e. The molecule has 4 nitrogen and oxygen atoms in total. The van der Waals surface area contributed by atoms with Crippen molar-refractivity contribution in [2.75, 3.05) is 0 Å². The van der Waals surface area contributed by atoms with Crippen LogP contribution in [0.3, 0.4) is 0 Å². The van der Waals surface area contributed by atoms with E-state index in [1.165, 1.54) is 28.8 Å². The fourth-order valence-corrected chi connectivity index (χ4v) is 2.51. The molecule has 0 amide bonds. The van der Waals surface area contributed by atoms with E-state index in [4.69, 9.17) is 11.6 Å². The van der Waals surface area contributed by atoms with E-state index in [0.29, 0.717) is 16.6 Å². The summed E-state index contributed by atoms with van der Waals surface area (Å²) in [5.41, 5.74) is 1.06. The van der Waals surface area contributed by atoms with Crippen LogP contribution in [-0.4, -0.2) is 19.6 Å². The van der Waals surface area contributed by atoms with Crippen LogP contribution < -0.4 is 0 Å². The zero-order valence-electron chi connectivity index (χ0n) is 11.0. The van der Waals surface area contributed by atoms with Gasteiger partial charge < -0.3 is 0 Å². The molecule has 0 unspecified atom stereocenters. The van der Waals surface area contributed by atoms with Crippen molar-refractivity contribution in [1.29, 1.82) is 0 Å². The van der Waals surface area contributed by atoms with Crippen molar-refractivity contribution in [2.45, 2.75) is 0 Å². The van der Waals surface area contributed by atoms with Crippen LogP contribution in [0.4, 0.5) is 8.78 Å². The first-order chi connectivity index (χ1) is 10.6. The van der Waals surface area contributed by atoms with Gasteiger partial charge in [0.2, 0.25) is 5.28 Å². The van der Waals surface area contributed by atoms with Crippen molar-refractivity contribution in [3.05, 3.63) is 59.4 Å². The third kappa shape index (κ3) is 1.92. The first-order valence-corrected chi connectivity index (χ1v) is 6.78. The molecule has 0 aliphatic heterocycles. The molecule has 0 saturated carbocycles. The Morgan fingerprint density at radius 3 is 2.64 bits per heavy atom. The summed E-state index contributed by atoms with van der Waals surface area (Å²) >= 11 is 6.08. The van der Waals surface area contributed by atoms with Gasteiger partial charge in [-0.05, 0) is 41.9 Å². The summed E-state index contributed by atoms with van der Waals surface area (Å²) in [5.74, 6) is -0.703. The zero-order valence-corrected chi connectivity index (χ0v) is 11.7. The van der Waals surface area contributed by atoms with Crippen LogP contribution in [0.25, 0.3) is 27.9 Å². The van der Waals surface area contributed by atoms with Crippen LogP contribution in [0, 0.1) is 11.6 Å².